The fraction of sp³-hybridized carbons (Fsp3) is 0.292. The van der Waals surface area contributed by atoms with E-state index in [-0.39, 0.29) is 36.6 Å². The molecule has 38 heavy (non-hydrogen) atoms. The number of hydrogen-bond acceptors (Lipinski definition) is 8. The minimum atomic E-state index is -4.75. The van der Waals surface area contributed by atoms with Crippen molar-refractivity contribution in [2.45, 2.75) is 26.2 Å². The van der Waals surface area contributed by atoms with Crippen LogP contribution >= 0.6 is 23.5 Å². The number of benzene rings is 2. The lowest BCUT2D eigenvalue weighted by molar-refractivity contribution is -0.137. The number of carbonyl (C=O) groups excluding carboxylic acids is 1. The molecule has 1 amide bonds. The molecule has 3 N–H and O–H groups in total. The fourth-order valence-corrected chi connectivity index (χ4v) is 5.63. The second-order valence-corrected chi connectivity index (χ2v) is 10.7. The quantitative estimate of drug-likeness (QED) is 0.200. The molecule has 0 bridgehead atoms. The van der Waals surface area contributed by atoms with Gasteiger partial charge >= 0.3 is 13.8 Å². The van der Waals surface area contributed by atoms with Crippen molar-refractivity contribution in [1.29, 1.82) is 0 Å². The van der Waals surface area contributed by atoms with Gasteiger partial charge < -0.3 is 25.0 Å². The van der Waals surface area contributed by atoms with Gasteiger partial charge in [0, 0.05) is 17.7 Å². The molecule has 2 aromatic carbocycles. The molecule has 0 saturated heterocycles. The monoisotopic (exact) mass is 615 g/mol. The summed E-state index contributed by atoms with van der Waals surface area (Å²) in [6.45, 7) is 3.90. The van der Waals surface area contributed by atoms with E-state index < -0.39 is 31.1 Å². The highest BCUT2D eigenvalue weighted by molar-refractivity contribution is 9.10. The van der Waals surface area contributed by atoms with Crippen LogP contribution in [0.5, 0.6) is 0 Å². The number of rotatable bonds is 11. The van der Waals surface area contributed by atoms with E-state index in [9.17, 15) is 22.5 Å². The molecule has 1 aromatic heterocycles. The van der Waals surface area contributed by atoms with Gasteiger partial charge in [0.05, 0.1) is 36.3 Å². The average Bonchev–Trinajstić information content (AvgIpc) is 2.85. The van der Waals surface area contributed by atoms with Crippen molar-refractivity contribution in [1.82, 2.24) is 15.3 Å². The van der Waals surface area contributed by atoms with Crippen molar-refractivity contribution in [3.63, 3.8) is 0 Å². The van der Waals surface area contributed by atoms with Crippen molar-refractivity contribution >= 4 is 52.6 Å². The van der Waals surface area contributed by atoms with E-state index in [1.807, 2.05) is 0 Å². The predicted octanol–water partition coefficient (Wildman–Crippen LogP) is 6.87. The van der Waals surface area contributed by atoms with Crippen LogP contribution in [0.4, 0.5) is 36.3 Å². The average molecular weight is 616 g/mol. The number of para-hydroxylation sites is 1. The van der Waals surface area contributed by atoms with Crippen LogP contribution in [0.2, 0.25) is 0 Å². The zero-order chi connectivity index (χ0) is 27.9. The topological polar surface area (TPSA) is 114 Å². The van der Waals surface area contributed by atoms with Crippen molar-refractivity contribution in [3.8, 4) is 0 Å². The van der Waals surface area contributed by atoms with Crippen LogP contribution in [-0.2, 0) is 26.0 Å². The van der Waals surface area contributed by atoms with E-state index in [0.717, 1.165) is 0 Å². The summed E-state index contributed by atoms with van der Waals surface area (Å²) in [5.74, 6) is -1.13. The highest BCUT2D eigenvalue weighted by Gasteiger charge is 2.35. The molecule has 3 rings (SSSR count). The summed E-state index contributed by atoms with van der Waals surface area (Å²) in [4.78, 5) is 20.0. The lowest BCUT2D eigenvalue weighted by Gasteiger charge is -2.18. The molecule has 0 aliphatic rings. The molecule has 0 spiro atoms. The Kier molecular flexibility index (Phi) is 9.88. The van der Waals surface area contributed by atoms with E-state index in [4.69, 9.17) is 9.05 Å². The molecule has 1 heterocycles. The van der Waals surface area contributed by atoms with Gasteiger partial charge in [-0.15, -0.1) is 0 Å². The van der Waals surface area contributed by atoms with Crippen molar-refractivity contribution in [2.75, 3.05) is 30.9 Å². The van der Waals surface area contributed by atoms with Gasteiger partial charge in [-0.05, 0) is 59.6 Å². The molecule has 0 aliphatic carbocycles. The van der Waals surface area contributed by atoms with Crippen LogP contribution in [0.1, 0.15) is 35.3 Å². The molecule has 14 heteroatoms. The van der Waals surface area contributed by atoms with E-state index >= 15 is 0 Å². The van der Waals surface area contributed by atoms with Gasteiger partial charge in [-0.25, -0.2) is 4.98 Å². The Hall–Kier alpha value is -2.99. The number of anilines is 4. The molecule has 0 aliphatic heterocycles. The van der Waals surface area contributed by atoms with Gasteiger partial charge in [-0.1, -0.05) is 18.2 Å². The zero-order valence-corrected chi connectivity index (χ0v) is 23.2. The molecular weight excluding hydrogens is 590 g/mol. The first kappa shape index (κ1) is 29.6. The molecule has 0 unspecified atom stereocenters. The normalized spacial score (nSPS) is 11.8. The maximum absolute atomic E-state index is 13.7. The van der Waals surface area contributed by atoms with Gasteiger partial charge in [0.2, 0.25) is 5.95 Å². The predicted molar refractivity (Wildman–Crippen MR) is 142 cm³/mol. The number of carbonyl (C=O) groups is 1. The van der Waals surface area contributed by atoms with Crippen LogP contribution in [0.3, 0.4) is 0 Å². The Bertz CT molecular complexity index is 1330. The number of aromatic nitrogens is 2. The van der Waals surface area contributed by atoms with Gasteiger partial charge in [-0.3, -0.25) is 9.36 Å². The Morgan fingerprint density at radius 2 is 1.74 bits per heavy atom. The smallest absolute Gasteiger partial charge is 0.355 e. The zero-order valence-electron chi connectivity index (χ0n) is 20.7. The number of nitrogens with zero attached hydrogens (tertiary/aromatic N) is 2. The van der Waals surface area contributed by atoms with E-state index in [1.165, 1.54) is 19.2 Å². The highest BCUT2D eigenvalue weighted by atomic mass is 79.9. The summed E-state index contributed by atoms with van der Waals surface area (Å²) in [5, 5.41) is 7.95. The van der Waals surface area contributed by atoms with Gasteiger partial charge in [0.1, 0.15) is 11.4 Å². The molecular formula is C24H26BrF3N5O4P. The Balaban J connectivity index is 1.91. The van der Waals surface area contributed by atoms with Crippen LogP contribution in [0.15, 0.2) is 53.1 Å². The van der Waals surface area contributed by atoms with Crippen molar-refractivity contribution < 1.29 is 31.6 Å². The number of amides is 1. The molecule has 0 fully saturated rings. The summed E-state index contributed by atoms with van der Waals surface area (Å²) >= 11 is 3.41. The van der Waals surface area contributed by atoms with Crippen molar-refractivity contribution in [3.05, 3.63) is 69.8 Å². The van der Waals surface area contributed by atoms with E-state index in [0.29, 0.717) is 21.9 Å². The second-order valence-electron chi connectivity index (χ2n) is 7.75. The third kappa shape index (κ3) is 7.53. The highest BCUT2D eigenvalue weighted by Crippen LogP contribution is 2.51. The molecule has 9 nitrogen and oxygen atoms in total. The number of nitrogens with one attached hydrogen (secondary N) is 3. The number of hydrogen-bond donors (Lipinski definition) is 3. The van der Waals surface area contributed by atoms with Crippen molar-refractivity contribution in [2.24, 2.45) is 0 Å². The Labute approximate surface area is 226 Å². The summed E-state index contributed by atoms with van der Waals surface area (Å²) in [7, 11) is -1.91. The fourth-order valence-electron chi connectivity index (χ4n) is 3.42. The van der Waals surface area contributed by atoms with Gasteiger partial charge in [-0.2, -0.15) is 18.2 Å². The lowest BCUT2D eigenvalue weighted by Crippen LogP contribution is -2.20. The first-order valence-electron chi connectivity index (χ1n) is 11.5. The van der Waals surface area contributed by atoms with E-state index in [1.54, 1.807) is 44.2 Å². The van der Waals surface area contributed by atoms with E-state index in [2.05, 4.69) is 41.8 Å². The minimum absolute atomic E-state index is 0.0448. The largest absolute Gasteiger partial charge is 0.421 e. The maximum Gasteiger partial charge on any atom is 0.421 e. The maximum atomic E-state index is 13.7. The molecule has 0 atom stereocenters. The second kappa shape index (κ2) is 12.7. The van der Waals surface area contributed by atoms with Crippen LogP contribution in [0, 0.1) is 0 Å². The first-order chi connectivity index (χ1) is 18.0. The molecule has 0 saturated carbocycles. The molecule has 204 valence electrons. The first-order valence-corrected chi connectivity index (χ1v) is 14.0. The molecule has 0 radical (unpaired) electrons. The number of alkyl halides is 3. The summed E-state index contributed by atoms with van der Waals surface area (Å²) in [5.41, 5.74) is 0.292. The SMILES string of the molecule is CCOP(=O)(Cc1ccc(Nc2ncc(C(F)(F)F)c(Nc3ccccc3C(=O)NC)n2)c(Br)c1)OCC. The third-order valence-corrected chi connectivity index (χ3v) is 7.77. The molecule has 3 aromatic rings. The summed E-state index contributed by atoms with van der Waals surface area (Å²) in [6.07, 6.45) is -4.05. The minimum Gasteiger partial charge on any atom is -0.355 e. The lowest BCUT2D eigenvalue weighted by atomic mass is 10.1. The standard InChI is InChI=1S/C24H26BrF3N5O4P/c1-4-36-38(35,37-5-2)14-15-10-11-20(18(25)12-15)32-23-30-13-17(24(26,27)28)21(33-23)31-19-9-7-6-8-16(19)22(34)29-3/h6-13H,4-5,14H2,1-3H3,(H,29,34)(H2,30,31,32,33). The van der Waals surface area contributed by atoms with Crippen LogP contribution < -0.4 is 16.0 Å². The van der Waals surface area contributed by atoms with Crippen LogP contribution in [-0.4, -0.2) is 36.1 Å². The third-order valence-electron chi connectivity index (χ3n) is 5.05. The van der Waals surface area contributed by atoms with Gasteiger partial charge in [0.25, 0.3) is 5.91 Å². The van der Waals surface area contributed by atoms with Gasteiger partial charge in [0.15, 0.2) is 0 Å². The summed E-state index contributed by atoms with van der Waals surface area (Å²) in [6, 6.07) is 11.1. The Morgan fingerprint density at radius 1 is 1.05 bits per heavy atom. The Morgan fingerprint density at radius 3 is 2.34 bits per heavy atom. The van der Waals surface area contributed by atoms with Crippen LogP contribution in [0.25, 0.3) is 0 Å². The summed E-state index contributed by atoms with van der Waals surface area (Å²) < 4.78 is 65.2. The number of halogens is 4.